The molecule has 1 radical (unpaired) electrons. The molecule has 2 nitrogen and oxygen atoms in total. The average Bonchev–Trinajstić information content (AvgIpc) is 1.97. The van der Waals surface area contributed by atoms with Gasteiger partial charge in [-0.3, -0.25) is 0 Å². The van der Waals surface area contributed by atoms with Gasteiger partial charge in [0.15, 0.2) is 0 Å². The smallest absolute Gasteiger partial charge is 0.0704 e. The predicted molar refractivity (Wildman–Crippen MR) is 41.8 cm³/mol. The normalized spacial score (nSPS) is 9.70. The molecule has 0 aliphatic carbocycles. The molecule has 0 fully saturated rings. The summed E-state index contributed by atoms with van der Waals surface area (Å²) in [6, 6.07) is 0. The molecule has 0 atom stereocenters. The second-order valence-electron chi connectivity index (χ2n) is 1.83. The molecule has 0 heterocycles. The van der Waals surface area contributed by atoms with Gasteiger partial charge in [0.1, 0.15) is 0 Å². The minimum absolute atomic E-state index is 0.605. The lowest BCUT2D eigenvalue weighted by molar-refractivity contribution is 0.0603. The standard InChI is InChI=1S/C8H15O2/c1-3-5-9-7-8-10-6-4-2/h3H,1-2,4-8H2. The van der Waals surface area contributed by atoms with Crippen molar-refractivity contribution >= 4 is 0 Å². The Hall–Kier alpha value is -0.340. The second kappa shape index (κ2) is 8.66. The number of ether oxygens (including phenoxy) is 2. The van der Waals surface area contributed by atoms with E-state index >= 15 is 0 Å². The zero-order valence-corrected chi connectivity index (χ0v) is 6.34. The molecule has 0 spiro atoms. The fourth-order valence-electron chi connectivity index (χ4n) is 0.489. The van der Waals surface area contributed by atoms with Crippen molar-refractivity contribution in [1.82, 2.24) is 0 Å². The highest BCUT2D eigenvalue weighted by Gasteiger charge is 1.84. The Labute approximate surface area is 62.8 Å². The molecule has 0 amide bonds. The predicted octanol–water partition coefficient (Wildman–Crippen LogP) is 1.43. The molecule has 0 aliphatic heterocycles. The van der Waals surface area contributed by atoms with Crippen LogP contribution in [0.3, 0.4) is 0 Å². The fourth-order valence-corrected chi connectivity index (χ4v) is 0.489. The van der Waals surface area contributed by atoms with Crippen LogP contribution in [-0.4, -0.2) is 26.4 Å². The first-order valence-electron chi connectivity index (χ1n) is 3.47. The van der Waals surface area contributed by atoms with Crippen molar-refractivity contribution in [3.05, 3.63) is 19.6 Å². The van der Waals surface area contributed by atoms with Crippen LogP contribution in [0.5, 0.6) is 0 Å². The van der Waals surface area contributed by atoms with Crippen molar-refractivity contribution < 1.29 is 9.47 Å². The Balaban J connectivity index is 2.70. The van der Waals surface area contributed by atoms with Crippen LogP contribution in [0.1, 0.15) is 6.42 Å². The van der Waals surface area contributed by atoms with Gasteiger partial charge in [0.2, 0.25) is 0 Å². The van der Waals surface area contributed by atoms with Crippen molar-refractivity contribution in [2.45, 2.75) is 6.42 Å². The molecule has 0 rings (SSSR count). The first-order valence-corrected chi connectivity index (χ1v) is 3.47. The van der Waals surface area contributed by atoms with Gasteiger partial charge in [-0.15, -0.1) is 6.58 Å². The van der Waals surface area contributed by atoms with E-state index in [0.29, 0.717) is 19.8 Å². The van der Waals surface area contributed by atoms with Gasteiger partial charge in [0.05, 0.1) is 19.8 Å². The van der Waals surface area contributed by atoms with Crippen molar-refractivity contribution in [3.63, 3.8) is 0 Å². The molecule has 0 aromatic rings. The molecule has 10 heavy (non-hydrogen) atoms. The van der Waals surface area contributed by atoms with E-state index < -0.39 is 0 Å². The minimum atomic E-state index is 0.605. The molecule has 0 bridgehead atoms. The summed E-state index contributed by atoms with van der Waals surface area (Å²) in [6.07, 6.45) is 2.54. The maximum absolute atomic E-state index is 5.11. The molecular weight excluding hydrogens is 128 g/mol. The third kappa shape index (κ3) is 7.66. The summed E-state index contributed by atoms with van der Waals surface area (Å²) in [6.45, 7) is 9.78. The highest BCUT2D eigenvalue weighted by Crippen LogP contribution is 1.81. The van der Waals surface area contributed by atoms with Gasteiger partial charge in [-0.1, -0.05) is 13.0 Å². The third-order valence-electron chi connectivity index (χ3n) is 0.896. The summed E-state index contributed by atoms with van der Waals surface area (Å²) in [5.41, 5.74) is 0. The van der Waals surface area contributed by atoms with E-state index in [4.69, 9.17) is 9.47 Å². The van der Waals surface area contributed by atoms with E-state index in [9.17, 15) is 0 Å². The van der Waals surface area contributed by atoms with Crippen LogP contribution in [0.25, 0.3) is 0 Å². The van der Waals surface area contributed by atoms with Crippen molar-refractivity contribution in [3.8, 4) is 0 Å². The van der Waals surface area contributed by atoms with Gasteiger partial charge in [-0.25, -0.2) is 0 Å². The highest BCUT2D eigenvalue weighted by molar-refractivity contribution is 4.63. The Kier molecular flexibility index (Phi) is 8.37. The van der Waals surface area contributed by atoms with Gasteiger partial charge < -0.3 is 9.47 Å². The highest BCUT2D eigenvalue weighted by atomic mass is 16.5. The molecule has 0 saturated carbocycles. The molecule has 0 N–H and O–H groups in total. The first kappa shape index (κ1) is 9.66. The summed E-state index contributed by atoms with van der Waals surface area (Å²) in [4.78, 5) is 0. The van der Waals surface area contributed by atoms with Crippen LogP contribution in [0.2, 0.25) is 0 Å². The van der Waals surface area contributed by atoms with E-state index in [2.05, 4.69) is 13.5 Å². The Morgan fingerprint density at radius 3 is 2.40 bits per heavy atom. The zero-order valence-electron chi connectivity index (χ0n) is 6.34. The summed E-state index contributed by atoms with van der Waals surface area (Å²) < 4.78 is 10.2. The average molecular weight is 143 g/mol. The lowest BCUT2D eigenvalue weighted by atomic mass is 10.5. The molecule has 0 saturated heterocycles. The molecular formula is C8H15O2. The molecule has 0 unspecified atom stereocenters. The Morgan fingerprint density at radius 2 is 1.80 bits per heavy atom. The van der Waals surface area contributed by atoms with E-state index in [-0.39, 0.29) is 0 Å². The minimum Gasteiger partial charge on any atom is -0.379 e. The van der Waals surface area contributed by atoms with Crippen LogP contribution < -0.4 is 0 Å². The molecule has 59 valence electrons. The Morgan fingerprint density at radius 1 is 1.10 bits per heavy atom. The Bertz CT molecular complexity index is 71.7. The van der Waals surface area contributed by atoms with Crippen molar-refractivity contribution in [2.24, 2.45) is 0 Å². The number of hydrogen-bond donors (Lipinski definition) is 0. The molecule has 2 heteroatoms. The SMILES string of the molecule is [CH2]CCOCCOCC=C. The van der Waals surface area contributed by atoms with Gasteiger partial charge in [-0.05, 0) is 6.42 Å². The molecule has 0 aromatic carbocycles. The van der Waals surface area contributed by atoms with Crippen LogP contribution in [0.15, 0.2) is 12.7 Å². The molecule has 0 aliphatic rings. The van der Waals surface area contributed by atoms with Gasteiger partial charge in [0.25, 0.3) is 0 Å². The van der Waals surface area contributed by atoms with E-state index in [0.717, 1.165) is 13.0 Å². The van der Waals surface area contributed by atoms with Gasteiger partial charge in [0, 0.05) is 6.61 Å². The van der Waals surface area contributed by atoms with Crippen molar-refractivity contribution in [2.75, 3.05) is 26.4 Å². The monoisotopic (exact) mass is 143 g/mol. The van der Waals surface area contributed by atoms with Crippen LogP contribution >= 0.6 is 0 Å². The third-order valence-corrected chi connectivity index (χ3v) is 0.896. The topological polar surface area (TPSA) is 18.5 Å². The lowest BCUT2D eigenvalue weighted by Gasteiger charge is -2.01. The van der Waals surface area contributed by atoms with E-state index in [1.54, 1.807) is 6.08 Å². The number of rotatable bonds is 7. The maximum Gasteiger partial charge on any atom is 0.0704 e. The summed E-state index contributed by atoms with van der Waals surface area (Å²) in [5.74, 6) is 0. The maximum atomic E-state index is 5.11. The zero-order chi connectivity index (χ0) is 7.66. The van der Waals surface area contributed by atoms with Gasteiger partial charge in [-0.2, -0.15) is 0 Å². The second-order valence-corrected chi connectivity index (χ2v) is 1.83. The van der Waals surface area contributed by atoms with Crippen LogP contribution in [0, 0.1) is 6.92 Å². The largest absolute Gasteiger partial charge is 0.379 e. The number of hydrogen-bond acceptors (Lipinski definition) is 2. The quantitative estimate of drug-likeness (QED) is 0.396. The fraction of sp³-hybridized carbons (Fsp3) is 0.625. The van der Waals surface area contributed by atoms with Gasteiger partial charge >= 0.3 is 0 Å². The molecule has 0 aromatic heterocycles. The van der Waals surface area contributed by atoms with Crippen LogP contribution in [-0.2, 0) is 9.47 Å². The van der Waals surface area contributed by atoms with Crippen molar-refractivity contribution in [1.29, 1.82) is 0 Å². The lowest BCUT2D eigenvalue weighted by Crippen LogP contribution is -2.04. The summed E-state index contributed by atoms with van der Waals surface area (Å²) >= 11 is 0. The summed E-state index contributed by atoms with van der Waals surface area (Å²) in [5, 5.41) is 0. The first-order chi connectivity index (χ1) is 4.91. The van der Waals surface area contributed by atoms with E-state index in [1.165, 1.54) is 0 Å². The van der Waals surface area contributed by atoms with E-state index in [1.807, 2.05) is 0 Å². The summed E-state index contributed by atoms with van der Waals surface area (Å²) in [7, 11) is 0. The van der Waals surface area contributed by atoms with Crippen LogP contribution in [0.4, 0.5) is 0 Å².